The number of carbonyl (C=O) groups excluding carboxylic acids is 1. The van der Waals surface area contributed by atoms with E-state index in [4.69, 9.17) is 5.26 Å². The first-order valence-electron chi connectivity index (χ1n) is 7.10. The van der Waals surface area contributed by atoms with Crippen molar-refractivity contribution >= 4 is 17.4 Å². The lowest BCUT2D eigenvalue weighted by molar-refractivity contribution is 0.102. The maximum atomic E-state index is 12.0. The molecule has 1 amide bonds. The molecular formula is C16H17N5O. The van der Waals surface area contributed by atoms with E-state index in [2.05, 4.69) is 27.5 Å². The zero-order chi connectivity index (χ0) is 15.8. The van der Waals surface area contributed by atoms with Crippen LogP contribution in [0.4, 0.5) is 11.5 Å². The second kappa shape index (κ2) is 7.74. The Balaban J connectivity index is 1.95. The normalized spacial score (nSPS) is 9.82. The average molecular weight is 295 g/mol. The lowest BCUT2D eigenvalue weighted by Gasteiger charge is -2.06. The Morgan fingerprint density at radius 1 is 1.23 bits per heavy atom. The Bertz CT molecular complexity index is 658. The number of carbonyl (C=O) groups is 1. The largest absolute Gasteiger partial charge is 0.369 e. The average Bonchev–Trinajstić information content (AvgIpc) is 2.56. The molecule has 0 saturated carbocycles. The summed E-state index contributed by atoms with van der Waals surface area (Å²) in [5.41, 5.74) is 1.39. The van der Waals surface area contributed by atoms with Gasteiger partial charge in [-0.1, -0.05) is 13.3 Å². The molecular weight excluding hydrogens is 278 g/mol. The van der Waals surface area contributed by atoms with Gasteiger partial charge in [0.25, 0.3) is 5.91 Å². The van der Waals surface area contributed by atoms with Crippen LogP contribution in [0.3, 0.4) is 0 Å². The first kappa shape index (κ1) is 15.4. The van der Waals surface area contributed by atoms with Crippen molar-refractivity contribution in [2.45, 2.75) is 19.8 Å². The third kappa shape index (κ3) is 4.28. The standard InChI is InChI=1S/C16H17N5O/c1-2-3-8-18-15-11-19-14(10-20-15)16(22)21-13-6-4-12(9-17)5-7-13/h4-7,10-11H,2-3,8H2,1H3,(H,18,20)(H,21,22). The Kier molecular flexibility index (Phi) is 5.44. The molecule has 2 N–H and O–H groups in total. The maximum absolute atomic E-state index is 12.0. The van der Waals surface area contributed by atoms with Gasteiger partial charge in [-0.2, -0.15) is 5.26 Å². The molecule has 2 rings (SSSR count). The van der Waals surface area contributed by atoms with E-state index in [1.54, 1.807) is 30.5 Å². The van der Waals surface area contributed by atoms with Crippen molar-refractivity contribution in [1.82, 2.24) is 9.97 Å². The summed E-state index contributed by atoms with van der Waals surface area (Å²) in [6.07, 6.45) is 5.14. The van der Waals surface area contributed by atoms with Gasteiger partial charge in [-0.05, 0) is 30.7 Å². The van der Waals surface area contributed by atoms with Crippen LogP contribution in [0.25, 0.3) is 0 Å². The zero-order valence-corrected chi connectivity index (χ0v) is 12.3. The lowest BCUT2D eigenvalue weighted by atomic mass is 10.2. The summed E-state index contributed by atoms with van der Waals surface area (Å²) in [6.45, 7) is 2.95. The van der Waals surface area contributed by atoms with E-state index in [1.165, 1.54) is 6.20 Å². The minimum atomic E-state index is -0.336. The van der Waals surface area contributed by atoms with Gasteiger partial charge in [0, 0.05) is 12.2 Å². The van der Waals surface area contributed by atoms with E-state index in [0.29, 0.717) is 17.1 Å². The third-order valence-corrected chi connectivity index (χ3v) is 2.99. The fraction of sp³-hybridized carbons (Fsp3) is 0.250. The molecule has 0 aliphatic rings. The summed E-state index contributed by atoms with van der Waals surface area (Å²) < 4.78 is 0. The van der Waals surface area contributed by atoms with Crippen LogP contribution in [0.2, 0.25) is 0 Å². The van der Waals surface area contributed by atoms with E-state index in [9.17, 15) is 4.79 Å². The molecule has 0 radical (unpaired) electrons. The van der Waals surface area contributed by atoms with Crippen LogP contribution in [0, 0.1) is 11.3 Å². The number of anilines is 2. The van der Waals surface area contributed by atoms with Crippen LogP contribution < -0.4 is 10.6 Å². The first-order chi connectivity index (χ1) is 10.7. The molecule has 0 saturated heterocycles. The van der Waals surface area contributed by atoms with Gasteiger partial charge >= 0.3 is 0 Å². The van der Waals surface area contributed by atoms with Crippen molar-refractivity contribution in [3.05, 3.63) is 47.9 Å². The molecule has 0 aliphatic carbocycles. The van der Waals surface area contributed by atoms with Gasteiger partial charge in [0.15, 0.2) is 0 Å². The molecule has 1 heterocycles. The summed E-state index contributed by atoms with van der Waals surface area (Å²) in [7, 11) is 0. The fourth-order valence-corrected chi connectivity index (χ4v) is 1.75. The highest BCUT2D eigenvalue weighted by Gasteiger charge is 2.08. The van der Waals surface area contributed by atoms with Gasteiger partial charge in [0.1, 0.15) is 11.5 Å². The van der Waals surface area contributed by atoms with Crippen LogP contribution in [0.1, 0.15) is 35.8 Å². The number of aromatic nitrogens is 2. The van der Waals surface area contributed by atoms with Crippen molar-refractivity contribution in [2.75, 3.05) is 17.2 Å². The number of hydrogen-bond donors (Lipinski definition) is 2. The van der Waals surface area contributed by atoms with Crippen LogP contribution in [0.15, 0.2) is 36.7 Å². The maximum Gasteiger partial charge on any atom is 0.275 e. The first-order valence-corrected chi connectivity index (χ1v) is 7.10. The number of nitrogens with zero attached hydrogens (tertiary/aromatic N) is 3. The zero-order valence-electron chi connectivity index (χ0n) is 12.3. The van der Waals surface area contributed by atoms with Gasteiger partial charge < -0.3 is 10.6 Å². The predicted octanol–water partition coefficient (Wildman–Crippen LogP) is 2.81. The number of nitrogens with one attached hydrogen (secondary N) is 2. The molecule has 6 heteroatoms. The second-order valence-corrected chi connectivity index (χ2v) is 4.71. The molecule has 0 atom stereocenters. The highest BCUT2D eigenvalue weighted by atomic mass is 16.1. The van der Waals surface area contributed by atoms with E-state index in [0.717, 1.165) is 19.4 Å². The van der Waals surface area contributed by atoms with E-state index in [-0.39, 0.29) is 11.6 Å². The number of rotatable bonds is 6. The molecule has 0 spiro atoms. The molecule has 112 valence electrons. The number of hydrogen-bond acceptors (Lipinski definition) is 5. The van der Waals surface area contributed by atoms with Gasteiger partial charge in [-0.25, -0.2) is 9.97 Å². The van der Waals surface area contributed by atoms with Crippen molar-refractivity contribution in [3.63, 3.8) is 0 Å². The summed E-state index contributed by atoms with van der Waals surface area (Å²) in [5.74, 6) is 0.320. The molecule has 2 aromatic rings. The Hall–Kier alpha value is -2.94. The van der Waals surface area contributed by atoms with Gasteiger partial charge in [0.2, 0.25) is 0 Å². The van der Waals surface area contributed by atoms with Crippen LogP contribution in [-0.4, -0.2) is 22.4 Å². The van der Waals surface area contributed by atoms with E-state index in [1.807, 2.05) is 6.07 Å². The van der Waals surface area contributed by atoms with Crippen molar-refractivity contribution in [1.29, 1.82) is 5.26 Å². The lowest BCUT2D eigenvalue weighted by Crippen LogP contribution is -2.14. The topological polar surface area (TPSA) is 90.7 Å². The minimum absolute atomic E-state index is 0.241. The quantitative estimate of drug-likeness (QED) is 0.800. The Morgan fingerprint density at radius 3 is 2.59 bits per heavy atom. The highest BCUT2D eigenvalue weighted by molar-refractivity contribution is 6.02. The summed E-state index contributed by atoms with van der Waals surface area (Å²) in [5, 5.41) is 14.6. The van der Waals surface area contributed by atoms with Crippen molar-refractivity contribution in [3.8, 4) is 6.07 Å². The van der Waals surface area contributed by atoms with Crippen LogP contribution in [0.5, 0.6) is 0 Å². The summed E-state index contributed by atoms with van der Waals surface area (Å²) in [4.78, 5) is 20.3. The predicted molar refractivity (Wildman–Crippen MR) is 84.5 cm³/mol. The number of unbranched alkanes of at least 4 members (excludes halogenated alkanes) is 1. The SMILES string of the molecule is CCCCNc1cnc(C(=O)Nc2ccc(C#N)cc2)cn1. The molecule has 1 aromatic heterocycles. The van der Waals surface area contributed by atoms with Gasteiger partial charge in [-0.3, -0.25) is 4.79 Å². The number of amides is 1. The number of nitriles is 1. The molecule has 1 aromatic carbocycles. The fourth-order valence-electron chi connectivity index (χ4n) is 1.75. The second-order valence-electron chi connectivity index (χ2n) is 4.71. The van der Waals surface area contributed by atoms with Crippen LogP contribution in [-0.2, 0) is 0 Å². The molecule has 22 heavy (non-hydrogen) atoms. The Morgan fingerprint density at radius 2 is 2.00 bits per heavy atom. The van der Waals surface area contributed by atoms with Gasteiger partial charge in [0.05, 0.1) is 24.0 Å². The minimum Gasteiger partial charge on any atom is -0.369 e. The van der Waals surface area contributed by atoms with Crippen molar-refractivity contribution < 1.29 is 4.79 Å². The third-order valence-electron chi connectivity index (χ3n) is 2.99. The molecule has 6 nitrogen and oxygen atoms in total. The molecule has 0 aliphatic heterocycles. The van der Waals surface area contributed by atoms with Crippen molar-refractivity contribution in [2.24, 2.45) is 0 Å². The molecule has 0 bridgehead atoms. The number of benzene rings is 1. The highest BCUT2D eigenvalue weighted by Crippen LogP contribution is 2.10. The van der Waals surface area contributed by atoms with Gasteiger partial charge in [-0.15, -0.1) is 0 Å². The van der Waals surface area contributed by atoms with Crippen LogP contribution >= 0.6 is 0 Å². The monoisotopic (exact) mass is 295 g/mol. The van der Waals surface area contributed by atoms with E-state index >= 15 is 0 Å². The van der Waals surface area contributed by atoms with E-state index < -0.39 is 0 Å². The smallest absolute Gasteiger partial charge is 0.275 e. The molecule has 0 fully saturated rings. The summed E-state index contributed by atoms with van der Waals surface area (Å²) >= 11 is 0. The molecule has 0 unspecified atom stereocenters. The Labute approximate surface area is 129 Å². The summed E-state index contributed by atoms with van der Waals surface area (Å²) in [6, 6.07) is 8.65.